The molecule has 0 aliphatic carbocycles. The van der Waals surface area contributed by atoms with Crippen LogP contribution in [0.2, 0.25) is 0 Å². The highest BCUT2D eigenvalue weighted by Gasteiger charge is 2.10. The smallest absolute Gasteiger partial charge is 0.228 e. The molecule has 0 fully saturated rings. The zero-order valence-corrected chi connectivity index (χ0v) is 11.9. The first-order chi connectivity index (χ1) is 10.8. The van der Waals surface area contributed by atoms with Crippen LogP contribution in [0.5, 0.6) is 11.6 Å². The number of hydrogen-bond donors (Lipinski definition) is 2. The number of aromatic nitrogens is 4. The Hall–Kier alpha value is -3.22. The number of anilines is 2. The highest BCUT2D eigenvalue weighted by atomic mass is 16.5. The summed E-state index contributed by atoms with van der Waals surface area (Å²) in [6, 6.07) is 8.91. The molecule has 7 nitrogen and oxygen atoms in total. The van der Waals surface area contributed by atoms with Crippen LogP contribution in [0.25, 0.3) is 11.3 Å². The summed E-state index contributed by atoms with van der Waals surface area (Å²) in [5.74, 6) is 1.95. The van der Waals surface area contributed by atoms with Crippen molar-refractivity contribution in [1.29, 1.82) is 0 Å². The topological polar surface area (TPSA) is 98.8 Å². The second-order valence-corrected chi connectivity index (χ2v) is 4.39. The van der Waals surface area contributed by atoms with Gasteiger partial charge in [0.2, 0.25) is 11.8 Å². The molecule has 0 bridgehead atoms. The summed E-state index contributed by atoms with van der Waals surface area (Å²) in [5, 5.41) is 2.91. The van der Waals surface area contributed by atoms with Crippen LogP contribution in [0.15, 0.2) is 48.9 Å². The van der Waals surface area contributed by atoms with Gasteiger partial charge in [-0.2, -0.15) is 0 Å². The standard InChI is InChI=1S/C15H14N6O/c1-17-15-19-8-6-12(21-15)11-3-2-7-18-14(11)22-10-4-5-13(16)20-9-10/h2-9H,1H3,(H2,16,20)(H,17,19,21). The third kappa shape index (κ3) is 2.93. The summed E-state index contributed by atoms with van der Waals surface area (Å²) >= 11 is 0. The van der Waals surface area contributed by atoms with Crippen molar-refractivity contribution in [2.24, 2.45) is 0 Å². The van der Waals surface area contributed by atoms with E-state index in [-0.39, 0.29) is 0 Å². The number of nitrogens with two attached hydrogens (primary N) is 1. The van der Waals surface area contributed by atoms with E-state index in [1.807, 2.05) is 12.1 Å². The predicted molar refractivity (Wildman–Crippen MR) is 83.5 cm³/mol. The molecule has 0 amide bonds. The number of nitrogens with one attached hydrogen (secondary N) is 1. The molecule has 0 saturated heterocycles. The number of ether oxygens (including phenoxy) is 1. The van der Waals surface area contributed by atoms with E-state index in [0.717, 1.165) is 5.56 Å². The predicted octanol–water partition coefficient (Wildman–Crippen LogP) is 2.35. The van der Waals surface area contributed by atoms with Crippen molar-refractivity contribution in [3.8, 4) is 22.9 Å². The Morgan fingerprint density at radius 2 is 1.95 bits per heavy atom. The van der Waals surface area contributed by atoms with Gasteiger partial charge in [0, 0.05) is 19.4 Å². The van der Waals surface area contributed by atoms with E-state index in [0.29, 0.717) is 29.1 Å². The highest BCUT2D eigenvalue weighted by molar-refractivity contribution is 5.65. The molecule has 110 valence electrons. The zero-order valence-electron chi connectivity index (χ0n) is 11.9. The number of nitrogen functional groups attached to an aromatic ring is 1. The van der Waals surface area contributed by atoms with Crippen molar-refractivity contribution in [1.82, 2.24) is 19.9 Å². The van der Waals surface area contributed by atoms with Crippen molar-refractivity contribution in [2.45, 2.75) is 0 Å². The average molecular weight is 294 g/mol. The van der Waals surface area contributed by atoms with Crippen LogP contribution in [-0.2, 0) is 0 Å². The largest absolute Gasteiger partial charge is 0.437 e. The molecular formula is C15H14N6O. The van der Waals surface area contributed by atoms with E-state index in [9.17, 15) is 0 Å². The third-order valence-electron chi connectivity index (χ3n) is 2.90. The number of pyridine rings is 2. The van der Waals surface area contributed by atoms with Gasteiger partial charge in [-0.15, -0.1) is 0 Å². The summed E-state index contributed by atoms with van der Waals surface area (Å²) in [6.07, 6.45) is 4.88. The molecule has 0 aromatic carbocycles. The fourth-order valence-electron chi connectivity index (χ4n) is 1.86. The van der Waals surface area contributed by atoms with Gasteiger partial charge in [-0.3, -0.25) is 0 Å². The molecular weight excluding hydrogens is 280 g/mol. The molecule has 3 rings (SSSR count). The maximum absolute atomic E-state index is 5.78. The normalized spacial score (nSPS) is 10.2. The molecule has 22 heavy (non-hydrogen) atoms. The minimum atomic E-state index is 0.433. The quantitative estimate of drug-likeness (QED) is 0.762. The fourth-order valence-corrected chi connectivity index (χ4v) is 1.86. The summed E-state index contributed by atoms with van der Waals surface area (Å²) in [6.45, 7) is 0. The molecule has 0 radical (unpaired) electrons. The average Bonchev–Trinajstić information content (AvgIpc) is 2.57. The lowest BCUT2D eigenvalue weighted by atomic mass is 10.2. The van der Waals surface area contributed by atoms with Gasteiger partial charge in [-0.1, -0.05) is 0 Å². The van der Waals surface area contributed by atoms with Gasteiger partial charge in [-0.05, 0) is 30.3 Å². The van der Waals surface area contributed by atoms with Gasteiger partial charge in [0.25, 0.3) is 0 Å². The summed E-state index contributed by atoms with van der Waals surface area (Å²) in [5.41, 5.74) is 7.04. The molecule has 3 N–H and O–H groups in total. The summed E-state index contributed by atoms with van der Waals surface area (Å²) in [7, 11) is 1.76. The van der Waals surface area contributed by atoms with Crippen molar-refractivity contribution >= 4 is 11.8 Å². The maximum Gasteiger partial charge on any atom is 0.228 e. The van der Waals surface area contributed by atoms with Gasteiger partial charge in [-0.25, -0.2) is 19.9 Å². The second-order valence-electron chi connectivity index (χ2n) is 4.39. The van der Waals surface area contributed by atoms with Crippen LogP contribution in [0.4, 0.5) is 11.8 Å². The second kappa shape index (κ2) is 6.04. The molecule has 0 atom stereocenters. The van der Waals surface area contributed by atoms with Crippen LogP contribution in [-0.4, -0.2) is 27.0 Å². The third-order valence-corrected chi connectivity index (χ3v) is 2.90. The van der Waals surface area contributed by atoms with Gasteiger partial charge in [0.1, 0.15) is 11.6 Å². The van der Waals surface area contributed by atoms with E-state index in [2.05, 4.69) is 25.3 Å². The van der Waals surface area contributed by atoms with Crippen LogP contribution in [0.3, 0.4) is 0 Å². The van der Waals surface area contributed by atoms with Gasteiger partial charge in [0.05, 0.1) is 17.5 Å². The molecule has 3 aromatic heterocycles. The van der Waals surface area contributed by atoms with Gasteiger partial charge < -0.3 is 15.8 Å². The molecule has 7 heteroatoms. The first kappa shape index (κ1) is 13.7. The molecule has 0 spiro atoms. The van der Waals surface area contributed by atoms with Crippen molar-refractivity contribution in [2.75, 3.05) is 18.1 Å². The first-order valence-corrected chi connectivity index (χ1v) is 6.62. The molecule has 3 aromatic rings. The Kier molecular flexibility index (Phi) is 3.78. The Labute approximate surface area is 127 Å². The minimum absolute atomic E-state index is 0.433. The Morgan fingerprint density at radius 3 is 2.73 bits per heavy atom. The maximum atomic E-state index is 5.78. The van der Waals surface area contributed by atoms with Crippen LogP contribution < -0.4 is 15.8 Å². The van der Waals surface area contributed by atoms with Crippen molar-refractivity contribution in [3.05, 3.63) is 48.9 Å². The number of rotatable bonds is 4. The lowest BCUT2D eigenvalue weighted by Crippen LogP contribution is -1.98. The van der Waals surface area contributed by atoms with Gasteiger partial charge in [0.15, 0.2) is 0 Å². The molecule has 0 saturated carbocycles. The van der Waals surface area contributed by atoms with Crippen LogP contribution >= 0.6 is 0 Å². The summed E-state index contributed by atoms with van der Waals surface area (Å²) < 4.78 is 5.78. The Bertz CT molecular complexity index is 775. The lowest BCUT2D eigenvalue weighted by Gasteiger charge is -2.09. The minimum Gasteiger partial charge on any atom is -0.437 e. The van der Waals surface area contributed by atoms with E-state index in [4.69, 9.17) is 10.5 Å². The first-order valence-electron chi connectivity index (χ1n) is 6.62. The SMILES string of the molecule is CNc1nccc(-c2cccnc2Oc2ccc(N)nc2)n1. The van der Waals surface area contributed by atoms with E-state index < -0.39 is 0 Å². The highest BCUT2D eigenvalue weighted by Crippen LogP contribution is 2.30. The van der Waals surface area contributed by atoms with Gasteiger partial charge >= 0.3 is 0 Å². The molecule has 0 aliphatic rings. The van der Waals surface area contributed by atoms with Crippen molar-refractivity contribution in [3.63, 3.8) is 0 Å². The van der Waals surface area contributed by atoms with E-state index in [1.165, 1.54) is 0 Å². The molecule has 0 unspecified atom stereocenters. The lowest BCUT2D eigenvalue weighted by molar-refractivity contribution is 0.463. The monoisotopic (exact) mass is 294 g/mol. The van der Waals surface area contributed by atoms with Crippen LogP contribution in [0.1, 0.15) is 0 Å². The molecule has 3 heterocycles. The zero-order chi connectivity index (χ0) is 15.4. The van der Waals surface area contributed by atoms with Crippen molar-refractivity contribution < 1.29 is 4.74 Å². The van der Waals surface area contributed by atoms with E-state index >= 15 is 0 Å². The molecule has 0 aliphatic heterocycles. The Balaban J connectivity index is 1.97. The number of hydrogen-bond acceptors (Lipinski definition) is 7. The number of nitrogens with zero attached hydrogens (tertiary/aromatic N) is 4. The Morgan fingerprint density at radius 1 is 1.05 bits per heavy atom. The fraction of sp³-hybridized carbons (Fsp3) is 0.0667. The summed E-state index contributed by atoms with van der Waals surface area (Å²) in [4.78, 5) is 16.8. The van der Waals surface area contributed by atoms with Crippen LogP contribution in [0, 0.1) is 0 Å². The van der Waals surface area contributed by atoms with E-state index in [1.54, 1.807) is 43.8 Å².